The molecule has 3 rings (SSSR count). The molecule has 1 aromatic heterocycles. The predicted octanol–water partition coefficient (Wildman–Crippen LogP) is 4.41. The highest BCUT2D eigenvalue weighted by atomic mass is 35.5. The first kappa shape index (κ1) is 20.2. The normalized spacial score (nSPS) is 11.8. The fourth-order valence-electron chi connectivity index (χ4n) is 2.56. The van der Waals surface area contributed by atoms with E-state index in [1.54, 1.807) is 55.8 Å². The zero-order valence-electron chi connectivity index (χ0n) is 15.2. The van der Waals surface area contributed by atoms with E-state index in [9.17, 15) is 9.00 Å². The summed E-state index contributed by atoms with van der Waals surface area (Å²) in [5.41, 5.74) is 2.56. The Bertz CT molecular complexity index is 979. The topological polar surface area (TPSA) is 68.3 Å². The zero-order chi connectivity index (χ0) is 19.9. The Morgan fingerprint density at radius 2 is 1.93 bits per heavy atom. The molecule has 144 valence electrons. The number of rotatable bonds is 7. The molecule has 1 amide bonds. The van der Waals surface area contributed by atoms with Crippen molar-refractivity contribution in [1.82, 2.24) is 4.98 Å². The number of carbonyl (C=O) groups excluding carboxylic acids is 1. The molecule has 0 aliphatic rings. The molecule has 28 heavy (non-hydrogen) atoms. The Morgan fingerprint density at radius 1 is 1.14 bits per heavy atom. The maximum atomic E-state index is 12.5. The lowest BCUT2D eigenvalue weighted by atomic mass is 10.1. The van der Waals surface area contributed by atoms with Crippen LogP contribution in [0.15, 0.2) is 71.8 Å². The summed E-state index contributed by atoms with van der Waals surface area (Å²) in [4.78, 5) is 17.5. The van der Waals surface area contributed by atoms with Gasteiger partial charge in [-0.25, -0.2) is 0 Å². The number of hydrogen-bond donors (Lipinski definition) is 1. The minimum absolute atomic E-state index is 0.261. The van der Waals surface area contributed by atoms with Gasteiger partial charge in [0.25, 0.3) is 5.91 Å². The van der Waals surface area contributed by atoms with Crippen LogP contribution in [0, 0.1) is 0 Å². The van der Waals surface area contributed by atoms with E-state index >= 15 is 0 Å². The third-order valence-electron chi connectivity index (χ3n) is 4.02. The second-order valence-corrected chi connectivity index (χ2v) is 7.91. The largest absolute Gasteiger partial charge is 0.384 e. The number of aromatic nitrogens is 1. The number of nitrogens with one attached hydrogen (secondary N) is 1. The molecule has 0 aliphatic carbocycles. The monoisotopic (exact) mass is 414 g/mol. The molecular weight excluding hydrogens is 396 g/mol. The molecule has 0 saturated carbocycles. The van der Waals surface area contributed by atoms with Crippen LogP contribution in [0.2, 0.25) is 5.02 Å². The van der Waals surface area contributed by atoms with Crippen LogP contribution in [-0.2, 0) is 15.5 Å². The molecule has 7 heteroatoms. The van der Waals surface area contributed by atoms with Crippen molar-refractivity contribution in [2.75, 3.05) is 24.8 Å². The molecule has 1 N–H and O–H groups in total. The number of benzene rings is 2. The molecule has 5 nitrogen and oxygen atoms in total. The van der Waals surface area contributed by atoms with E-state index < -0.39 is 10.8 Å². The van der Waals surface area contributed by atoms with Gasteiger partial charge in [0.15, 0.2) is 0 Å². The molecular formula is C21H19ClN2O3S. The Morgan fingerprint density at radius 3 is 2.61 bits per heavy atom. The van der Waals surface area contributed by atoms with Gasteiger partial charge in [0.1, 0.15) is 0 Å². The van der Waals surface area contributed by atoms with Gasteiger partial charge in [-0.2, -0.15) is 0 Å². The van der Waals surface area contributed by atoms with Crippen LogP contribution in [0.25, 0.3) is 11.3 Å². The summed E-state index contributed by atoms with van der Waals surface area (Å²) < 4.78 is 17.0. The molecule has 2 aromatic carbocycles. The molecule has 0 fully saturated rings. The van der Waals surface area contributed by atoms with Crippen molar-refractivity contribution in [2.45, 2.75) is 4.90 Å². The lowest BCUT2D eigenvalue weighted by Gasteiger charge is -2.09. The lowest BCUT2D eigenvalue weighted by Crippen LogP contribution is -2.12. The highest BCUT2D eigenvalue weighted by Gasteiger charge is 2.11. The van der Waals surface area contributed by atoms with Crippen LogP contribution >= 0.6 is 11.6 Å². The van der Waals surface area contributed by atoms with E-state index in [2.05, 4.69) is 10.3 Å². The number of pyridine rings is 1. The summed E-state index contributed by atoms with van der Waals surface area (Å²) in [5, 5.41) is 3.41. The molecule has 1 heterocycles. The molecule has 1 unspecified atom stereocenters. The van der Waals surface area contributed by atoms with Crippen LogP contribution in [-0.4, -0.2) is 34.6 Å². The van der Waals surface area contributed by atoms with Crippen LogP contribution < -0.4 is 5.32 Å². The standard InChI is InChI=1S/C21H19ClN2O3S/c1-27-12-13-28(26)17-8-5-15(6-9-17)21(25)24-16-7-10-19(22)18(14-16)20-4-2-3-11-23-20/h2-11,14H,12-13H2,1H3,(H,24,25). The van der Waals surface area contributed by atoms with Gasteiger partial charge in [-0.3, -0.25) is 14.0 Å². The van der Waals surface area contributed by atoms with Crippen molar-refractivity contribution >= 4 is 34.0 Å². The van der Waals surface area contributed by atoms with Gasteiger partial charge in [0, 0.05) is 35.0 Å². The Hall–Kier alpha value is -2.54. The van der Waals surface area contributed by atoms with Crippen LogP contribution in [0.3, 0.4) is 0 Å². The van der Waals surface area contributed by atoms with Crippen LogP contribution in [0.5, 0.6) is 0 Å². The van der Waals surface area contributed by atoms with Gasteiger partial charge in [0.05, 0.1) is 33.9 Å². The van der Waals surface area contributed by atoms with Crippen molar-refractivity contribution < 1.29 is 13.7 Å². The highest BCUT2D eigenvalue weighted by Crippen LogP contribution is 2.29. The first-order valence-electron chi connectivity index (χ1n) is 8.58. The van der Waals surface area contributed by atoms with E-state index in [0.29, 0.717) is 33.5 Å². The van der Waals surface area contributed by atoms with Crippen LogP contribution in [0.1, 0.15) is 10.4 Å². The number of hydrogen-bond acceptors (Lipinski definition) is 4. The van der Waals surface area contributed by atoms with Crippen molar-refractivity contribution in [3.63, 3.8) is 0 Å². The molecule has 0 spiro atoms. The van der Waals surface area contributed by atoms with Gasteiger partial charge in [-0.15, -0.1) is 0 Å². The van der Waals surface area contributed by atoms with Gasteiger partial charge >= 0.3 is 0 Å². The summed E-state index contributed by atoms with van der Waals surface area (Å²) in [6, 6.07) is 17.5. The minimum Gasteiger partial charge on any atom is -0.384 e. The van der Waals surface area contributed by atoms with Crippen molar-refractivity contribution in [1.29, 1.82) is 0 Å². The maximum Gasteiger partial charge on any atom is 0.255 e. The van der Waals surface area contributed by atoms with Crippen LogP contribution in [0.4, 0.5) is 5.69 Å². The number of anilines is 1. The third-order valence-corrected chi connectivity index (χ3v) is 5.68. The zero-order valence-corrected chi connectivity index (χ0v) is 16.8. The van der Waals surface area contributed by atoms with E-state index in [-0.39, 0.29) is 5.91 Å². The van der Waals surface area contributed by atoms with Gasteiger partial charge < -0.3 is 10.1 Å². The third kappa shape index (κ3) is 5.04. The van der Waals surface area contributed by atoms with E-state index in [1.165, 1.54) is 0 Å². The average molecular weight is 415 g/mol. The Kier molecular flexibility index (Phi) is 6.92. The molecule has 3 aromatic rings. The summed E-state index contributed by atoms with van der Waals surface area (Å²) in [6.45, 7) is 0.421. The van der Waals surface area contributed by atoms with Crippen molar-refractivity contribution in [2.24, 2.45) is 0 Å². The van der Waals surface area contributed by atoms with Crippen molar-refractivity contribution in [3.8, 4) is 11.3 Å². The number of nitrogens with zero attached hydrogens (tertiary/aromatic N) is 1. The van der Waals surface area contributed by atoms with E-state index in [0.717, 1.165) is 11.3 Å². The lowest BCUT2D eigenvalue weighted by molar-refractivity contribution is 0.102. The number of ether oxygens (including phenoxy) is 1. The second-order valence-electron chi connectivity index (χ2n) is 5.93. The number of amides is 1. The van der Waals surface area contributed by atoms with Crippen molar-refractivity contribution in [3.05, 3.63) is 77.4 Å². The van der Waals surface area contributed by atoms with E-state index in [1.807, 2.05) is 18.2 Å². The highest BCUT2D eigenvalue weighted by molar-refractivity contribution is 7.85. The molecule has 0 saturated heterocycles. The summed E-state index contributed by atoms with van der Waals surface area (Å²) in [7, 11) is 0.422. The average Bonchev–Trinajstić information content (AvgIpc) is 2.74. The molecule has 0 radical (unpaired) electrons. The van der Waals surface area contributed by atoms with Gasteiger partial charge in [-0.1, -0.05) is 17.7 Å². The first-order chi connectivity index (χ1) is 13.6. The summed E-state index contributed by atoms with van der Waals surface area (Å²) in [5.74, 6) is 0.159. The SMILES string of the molecule is COCCS(=O)c1ccc(C(=O)Nc2ccc(Cl)c(-c3ccccn3)c2)cc1. The van der Waals surface area contributed by atoms with Gasteiger partial charge in [-0.05, 0) is 54.6 Å². The predicted molar refractivity (Wildman–Crippen MR) is 112 cm³/mol. The Balaban J connectivity index is 1.74. The first-order valence-corrected chi connectivity index (χ1v) is 10.3. The second kappa shape index (κ2) is 9.59. The summed E-state index contributed by atoms with van der Waals surface area (Å²) >= 11 is 6.28. The maximum absolute atomic E-state index is 12.5. The fourth-order valence-corrected chi connectivity index (χ4v) is 3.77. The quantitative estimate of drug-likeness (QED) is 0.621. The number of carbonyl (C=O) groups is 1. The fraction of sp³-hybridized carbons (Fsp3) is 0.143. The summed E-state index contributed by atoms with van der Waals surface area (Å²) in [6.07, 6.45) is 1.69. The number of halogens is 1. The van der Waals surface area contributed by atoms with E-state index in [4.69, 9.17) is 16.3 Å². The number of methoxy groups -OCH3 is 1. The smallest absolute Gasteiger partial charge is 0.255 e. The molecule has 0 bridgehead atoms. The minimum atomic E-state index is -1.15. The Labute approximate surface area is 171 Å². The molecule has 0 aliphatic heterocycles. The van der Waals surface area contributed by atoms with Gasteiger partial charge in [0.2, 0.25) is 0 Å². The molecule has 1 atom stereocenters.